The van der Waals surface area contributed by atoms with E-state index in [1.54, 1.807) is 6.07 Å². The van der Waals surface area contributed by atoms with Crippen molar-refractivity contribution in [2.75, 3.05) is 19.0 Å². The summed E-state index contributed by atoms with van der Waals surface area (Å²) in [4.78, 5) is 22.6. The predicted molar refractivity (Wildman–Crippen MR) is 72.6 cm³/mol. The fourth-order valence-electron chi connectivity index (χ4n) is 1.62. The maximum atomic E-state index is 11.1. The standard InChI is InChI=1S/C12H13N5O3/c1-3-14-12-15-7-10(17(18)19)11(16-12)8-4-9(20-2)6-13-5-8/h4-7H,3H2,1-2H3,(H,14,15,16). The molecule has 0 spiro atoms. The topological polar surface area (TPSA) is 103 Å². The number of hydrogen-bond donors (Lipinski definition) is 1. The van der Waals surface area contributed by atoms with Gasteiger partial charge in [0.05, 0.1) is 18.2 Å². The summed E-state index contributed by atoms with van der Waals surface area (Å²) in [5.41, 5.74) is 0.520. The molecule has 1 N–H and O–H groups in total. The summed E-state index contributed by atoms with van der Waals surface area (Å²) < 4.78 is 5.06. The fourth-order valence-corrected chi connectivity index (χ4v) is 1.62. The molecule has 0 aromatic carbocycles. The van der Waals surface area contributed by atoms with Crippen molar-refractivity contribution in [3.8, 4) is 17.0 Å². The highest BCUT2D eigenvalue weighted by molar-refractivity contribution is 5.70. The van der Waals surface area contributed by atoms with Gasteiger partial charge in [-0.25, -0.2) is 9.97 Å². The molecule has 0 aliphatic carbocycles. The lowest BCUT2D eigenvalue weighted by Gasteiger charge is -2.06. The molecule has 8 nitrogen and oxygen atoms in total. The van der Waals surface area contributed by atoms with Gasteiger partial charge in [0.1, 0.15) is 11.9 Å². The number of aromatic nitrogens is 3. The molecule has 2 rings (SSSR count). The van der Waals surface area contributed by atoms with Crippen LogP contribution in [0.3, 0.4) is 0 Å². The van der Waals surface area contributed by atoms with Gasteiger partial charge < -0.3 is 10.1 Å². The molecular formula is C12H13N5O3. The van der Waals surface area contributed by atoms with E-state index < -0.39 is 4.92 Å². The van der Waals surface area contributed by atoms with Crippen molar-refractivity contribution in [1.29, 1.82) is 0 Å². The Morgan fingerprint density at radius 3 is 2.85 bits per heavy atom. The van der Waals surface area contributed by atoms with E-state index in [2.05, 4.69) is 20.3 Å². The van der Waals surface area contributed by atoms with Gasteiger partial charge in [0.25, 0.3) is 0 Å². The largest absolute Gasteiger partial charge is 0.495 e. The molecule has 0 saturated carbocycles. The SMILES string of the molecule is CCNc1ncc([N+](=O)[O-])c(-c2cncc(OC)c2)n1. The van der Waals surface area contributed by atoms with Crippen LogP contribution in [0.5, 0.6) is 5.75 Å². The lowest BCUT2D eigenvalue weighted by molar-refractivity contribution is -0.384. The van der Waals surface area contributed by atoms with Crippen LogP contribution in [0, 0.1) is 10.1 Å². The van der Waals surface area contributed by atoms with Gasteiger partial charge in [0.2, 0.25) is 5.95 Å². The number of anilines is 1. The Kier molecular flexibility index (Phi) is 4.04. The first-order valence-corrected chi connectivity index (χ1v) is 5.90. The van der Waals surface area contributed by atoms with Gasteiger partial charge in [0, 0.05) is 18.3 Å². The first-order chi connectivity index (χ1) is 9.65. The highest BCUT2D eigenvalue weighted by Gasteiger charge is 2.19. The second-order valence-corrected chi connectivity index (χ2v) is 3.83. The minimum absolute atomic E-state index is 0.179. The van der Waals surface area contributed by atoms with Gasteiger partial charge in [-0.2, -0.15) is 0 Å². The molecule has 0 aliphatic heterocycles. The van der Waals surface area contributed by atoms with Gasteiger partial charge in [-0.1, -0.05) is 0 Å². The number of nitrogens with zero attached hydrogens (tertiary/aromatic N) is 4. The molecule has 2 aromatic rings. The molecule has 20 heavy (non-hydrogen) atoms. The van der Waals surface area contributed by atoms with Gasteiger partial charge in [-0.3, -0.25) is 15.1 Å². The third-order valence-corrected chi connectivity index (χ3v) is 2.52. The van der Waals surface area contributed by atoms with Gasteiger partial charge in [0.15, 0.2) is 5.69 Å². The molecule has 8 heteroatoms. The van der Waals surface area contributed by atoms with Crippen LogP contribution in [0.4, 0.5) is 11.6 Å². The number of hydrogen-bond acceptors (Lipinski definition) is 7. The number of nitro groups is 1. The Bertz CT molecular complexity index is 632. The number of methoxy groups -OCH3 is 1. The van der Waals surface area contributed by atoms with E-state index in [4.69, 9.17) is 4.74 Å². The average molecular weight is 275 g/mol. The molecule has 2 heterocycles. The van der Waals surface area contributed by atoms with Gasteiger partial charge >= 0.3 is 5.69 Å². The summed E-state index contributed by atoms with van der Waals surface area (Å²) in [5, 5.41) is 14.0. The number of nitrogens with one attached hydrogen (secondary N) is 1. The fraction of sp³-hybridized carbons (Fsp3) is 0.250. The van der Waals surface area contributed by atoms with Crippen LogP contribution in [0.25, 0.3) is 11.3 Å². The van der Waals surface area contributed by atoms with Crippen LogP contribution in [-0.4, -0.2) is 33.5 Å². The third kappa shape index (κ3) is 2.79. The van der Waals surface area contributed by atoms with Crippen LogP contribution in [0.15, 0.2) is 24.7 Å². The number of pyridine rings is 1. The third-order valence-electron chi connectivity index (χ3n) is 2.52. The lowest BCUT2D eigenvalue weighted by Crippen LogP contribution is -2.05. The zero-order valence-corrected chi connectivity index (χ0v) is 11.0. The second-order valence-electron chi connectivity index (χ2n) is 3.83. The maximum absolute atomic E-state index is 11.1. The van der Waals surface area contributed by atoms with Crippen LogP contribution in [0.1, 0.15) is 6.92 Å². The van der Waals surface area contributed by atoms with Crippen molar-refractivity contribution in [3.63, 3.8) is 0 Å². The Hall–Kier alpha value is -2.77. The monoisotopic (exact) mass is 275 g/mol. The summed E-state index contributed by atoms with van der Waals surface area (Å²) in [6.45, 7) is 2.51. The van der Waals surface area contributed by atoms with Gasteiger partial charge in [-0.15, -0.1) is 0 Å². The predicted octanol–water partition coefficient (Wildman–Crippen LogP) is 1.89. The maximum Gasteiger partial charge on any atom is 0.313 e. The van der Waals surface area contributed by atoms with E-state index in [9.17, 15) is 10.1 Å². The Labute approximate surface area is 115 Å². The van der Waals surface area contributed by atoms with E-state index in [1.165, 1.54) is 25.7 Å². The molecular weight excluding hydrogens is 262 g/mol. The molecule has 0 amide bonds. The number of rotatable bonds is 5. The Morgan fingerprint density at radius 1 is 1.40 bits per heavy atom. The van der Waals surface area contributed by atoms with E-state index in [1.807, 2.05) is 6.92 Å². The first-order valence-electron chi connectivity index (χ1n) is 5.90. The smallest absolute Gasteiger partial charge is 0.313 e. The Balaban J connectivity index is 2.56. The van der Waals surface area contributed by atoms with E-state index in [0.29, 0.717) is 23.8 Å². The molecule has 104 valence electrons. The normalized spacial score (nSPS) is 10.1. The van der Waals surface area contributed by atoms with Crippen molar-refractivity contribution in [2.45, 2.75) is 6.92 Å². The molecule has 0 radical (unpaired) electrons. The minimum Gasteiger partial charge on any atom is -0.495 e. The molecule has 0 atom stereocenters. The lowest BCUT2D eigenvalue weighted by atomic mass is 10.2. The van der Waals surface area contributed by atoms with E-state index in [0.717, 1.165) is 0 Å². The average Bonchev–Trinajstić information content (AvgIpc) is 2.47. The molecule has 0 unspecified atom stereocenters. The minimum atomic E-state index is -0.523. The second kappa shape index (κ2) is 5.91. The van der Waals surface area contributed by atoms with E-state index >= 15 is 0 Å². The summed E-state index contributed by atoms with van der Waals surface area (Å²) in [7, 11) is 1.50. The highest BCUT2D eigenvalue weighted by Crippen LogP contribution is 2.29. The van der Waals surface area contributed by atoms with Crippen LogP contribution in [-0.2, 0) is 0 Å². The summed E-state index contributed by atoms with van der Waals surface area (Å²) in [6, 6.07) is 1.64. The Morgan fingerprint density at radius 2 is 2.20 bits per heavy atom. The molecule has 2 aromatic heterocycles. The first kappa shape index (κ1) is 13.7. The quantitative estimate of drug-likeness (QED) is 0.656. The molecule has 0 aliphatic rings. The van der Waals surface area contributed by atoms with Crippen LogP contribution >= 0.6 is 0 Å². The zero-order chi connectivity index (χ0) is 14.5. The molecule has 0 saturated heterocycles. The van der Waals surface area contributed by atoms with Crippen molar-refractivity contribution in [2.24, 2.45) is 0 Å². The van der Waals surface area contributed by atoms with Crippen molar-refractivity contribution in [1.82, 2.24) is 15.0 Å². The van der Waals surface area contributed by atoms with E-state index in [-0.39, 0.29) is 11.4 Å². The van der Waals surface area contributed by atoms with Crippen molar-refractivity contribution >= 4 is 11.6 Å². The van der Waals surface area contributed by atoms with Gasteiger partial charge in [-0.05, 0) is 13.0 Å². The zero-order valence-electron chi connectivity index (χ0n) is 11.0. The van der Waals surface area contributed by atoms with Crippen molar-refractivity contribution < 1.29 is 9.66 Å². The molecule has 0 bridgehead atoms. The highest BCUT2D eigenvalue weighted by atomic mass is 16.6. The van der Waals surface area contributed by atoms with Crippen LogP contribution < -0.4 is 10.1 Å². The summed E-state index contributed by atoms with van der Waals surface area (Å²) in [6.07, 6.45) is 4.19. The van der Waals surface area contributed by atoms with Crippen LogP contribution in [0.2, 0.25) is 0 Å². The molecule has 0 fully saturated rings. The summed E-state index contributed by atoms with van der Waals surface area (Å²) >= 11 is 0. The summed E-state index contributed by atoms with van der Waals surface area (Å²) in [5.74, 6) is 0.830. The number of ether oxygens (including phenoxy) is 1. The van der Waals surface area contributed by atoms with Crippen molar-refractivity contribution in [3.05, 3.63) is 34.8 Å².